The van der Waals surface area contributed by atoms with E-state index in [0.29, 0.717) is 17.5 Å². The fraction of sp³-hybridized carbons (Fsp3) is 0. The molecule has 0 N–H and O–H groups in total. The van der Waals surface area contributed by atoms with Crippen LogP contribution in [0.15, 0.2) is 218 Å². The van der Waals surface area contributed by atoms with Crippen molar-refractivity contribution in [3.8, 4) is 67.2 Å². The van der Waals surface area contributed by atoms with Crippen molar-refractivity contribution < 1.29 is 0 Å². The molecule has 13 aromatic rings. The summed E-state index contributed by atoms with van der Waals surface area (Å²) in [5, 5.41) is 5.83. The molecule has 0 bridgehead atoms. The van der Waals surface area contributed by atoms with Gasteiger partial charge in [-0.2, -0.15) is 0 Å². The Labute approximate surface area is 378 Å². The zero-order valence-corrected chi connectivity index (χ0v) is 35.7. The molecule has 0 aliphatic rings. The van der Waals surface area contributed by atoms with Crippen molar-refractivity contribution in [2.45, 2.75) is 0 Å². The fourth-order valence-electron chi connectivity index (χ4n) is 9.33. The Hall–Kier alpha value is -8.52. The highest BCUT2D eigenvalue weighted by Gasteiger charge is 2.19. The van der Waals surface area contributed by atoms with Gasteiger partial charge >= 0.3 is 0 Å². The summed E-state index contributed by atoms with van der Waals surface area (Å²) in [6, 6.07) is 77.0. The van der Waals surface area contributed by atoms with Crippen LogP contribution in [0.1, 0.15) is 0 Å². The van der Waals surface area contributed by atoms with E-state index in [4.69, 9.17) is 19.9 Å². The molecule has 0 amide bonds. The summed E-state index contributed by atoms with van der Waals surface area (Å²) < 4.78 is 5.91. The molecule has 0 aliphatic heterocycles. The van der Waals surface area contributed by atoms with Gasteiger partial charge in [0.15, 0.2) is 17.5 Å². The summed E-state index contributed by atoms with van der Waals surface area (Å²) in [5.74, 6) is 1.90. The first-order valence-electron chi connectivity index (χ1n) is 21.7. The zero-order valence-electron chi connectivity index (χ0n) is 34.9. The average molecular weight is 849 g/mol. The van der Waals surface area contributed by atoms with Crippen LogP contribution in [-0.2, 0) is 0 Å². The Morgan fingerprint density at radius 3 is 1.42 bits per heavy atom. The molecule has 4 heterocycles. The molecular formula is C58H36N6S. The Bertz CT molecular complexity index is 3870. The maximum absolute atomic E-state index is 5.13. The lowest BCUT2D eigenvalue weighted by molar-refractivity contribution is 1.07. The first-order valence-corrected chi connectivity index (χ1v) is 22.5. The summed E-state index contributed by atoms with van der Waals surface area (Å²) >= 11 is 1.75. The molecule has 13 rings (SSSR count). The van der Waals surface area contributed by atoms with Gasteiger partial charge in [-0.05, 0) is 77.9 Å². The van der Waals surface area contributed by atoms with Crippen LogP contribution in [0.25, 0.3) is 121 Å². The third kappa shape index (κ3) is 6.32. The smallest absolute Gasteiger partial charge is 0.164 e. The molecule has 0 saturated carbocycles. The highest BCUT2D eigenvalue weighted by molar-refractivity contribution is 7.21. The maximum Gasteiger partial charge on any atom is 0.164 e. The normalized spacial score (nSPS) is 11.7. The molecule has 0 fully saturated rings. The lowest BCUT2D eigenvalue weighted by atomic mass is 10.0. The zero-order chi connectivity index (χ0) is 42.8. The first kappa shape index (κ1) is 37.1. The number of rotatable bonds is 7. The molecule has 0 saturated heterocycles. The highest BCUT2D eigenvalue weighted by atomic mass is 32.1. The fourth-order valence-corrected chi connectivity index (χ4v) is 10.3. The number of hydrogen-bond donors (Lipinski definition) is 0. The lowest BCUT2D eigenvalue weighted by Gasteiger charge is -2.12. The second-order valence-electron chi connectivity index (χ2n) is 16.3. The SMILES string of the molecule is c1ccc(-c2nc(-c3ccccc3)nc(-c3cccc(-n4c5ccccc5c5cc(-c6ccc7c(c6)c6cc8sc(-c9ccccc9)nc8cc6n7-c6ccccc6)ccc54)c3)n2)cc1. The number of fused-ring (bicyclic) bond motifs is 7. The van der Waals surface area contributed by atoms with Gasteiger partial charge in [-0.3, -0.25) is 0 Å². The highest BCUT2D eigenvalue weighted by Crippen LogP contribution is 2.41. The van der Waals surface area contributed by atoms with Gasteiger partial charge in [-0.25, -0.2) is 19.9 Å². The predicted molar refractivity (Wildman–Crippen MR) is 269 cm³/mol. The Morgan fingerprint density at radius 1 is 0.292 bits per heavy atom. The Balaban J connectivity index is 0.947. The maximum atomic E-state index is 5.13. The number of nitrogens with zero attached hydrogens (tertiary/aromatic N) is 6. The second kappa shape index (κ2) is 15.1. The van der Waals surface area contributed by atoms with Gasteiger partial charge < -0.3 is 9.13 Å². The molecule has 9 aromatic carbocycles. The minimum Gasteiger partial charge on any atom is -0.309 e. The molecule has 0 aliphatic carbocycles. The van der Waals surface area contributed by atoms with Crippen LogP contribution in [0.2, 0.25) is 0 Å². The van der Waals surface area contributed by atoms with Crippen molar-refractivity contribution in [2.75, 3.05) is 0 Å². The van der Waals surface area contributed by atoms with Crippen LogP contribution in [0.3, 0.4) is 0 Å². The number of para-hydroxylation sites is 2. The second-order valence-corrected chi connectivity index (χ2v) is 17.3. The van der Waals surface area contributed by atoms with E-state index in [-0.39, 0.29) is 0 Å². The van der Waals surface area contributed by atoms with E-state index in [1.807, 2.05) is 60.7 Å². The van der Waals surface area contributed by atoms with Crippen molar-refractivity contribution in [2.24, 2.45) is 0 Å². The minimum absolute atomic E-state index is 0.624. The predicted octanol–water partition coefficient (Wildman–Crippen LogP) is 15.0. The summed E-state index contributed by atoms with van der Waals surface area (Å²) in [5.41, 5.74) is 14.0. The van der Waals surface area contributed by atoms with Crippen LogP contribution < -0.4 is 0 Å². The third-order valence-corrected chi connectivity index (χ3v) is 13.4. The minimum atomic E-state index is 0.624. The summed E-state index contributed by atoms with van der Waals surface area (Å²) in [7, 11) is 0. The van der Waals surface area contributed by atoms with Crippen LogP contribution in [0, 0.1) is 0 Å². The van der Waals surface area contributed by atoms with E-state index in [1.54, 1.807) is 11.3 Å². The van der Waals surface area contributed by atoms with Gasteiger partial charge in [0.1, 0.15) is 5.01 Å². The van der Waals surface area contributed by atoms with E-state index in [9.17, 15) is 0 Å². The third-order valence-electron chi connectivity index (χ3n) is 12.4. The van der Waals surface area contributed by atoms with Gasteiger partial charge in [0.2, 0.25) is 0 Å². The number of aromatic nitrogens is 6. The largest absolute Gasteiger partial charge is 0.309 e. The first-order chi connectivity index (χ1) is 32.2. The lowest BCUT2D eigenvalue weighted by Crippen LogP contribution is -2.01. The Kier molecular flexibility index (Phi) is 8.60. The van der Waals surface area contributed by atoms with Crippen LogP contribution in [-0.4, -0.2) is 29.1 Å². The summed E-state index contributed by atoms with van der Waals surface area (Å²) in [6.07, 6.45) is 0. The number of hydrogen-bond acceptors (Lipinski definition) is 5. The van der Waals surface area contributed by atoms with Crippen molar-refractivity contribution in [3.05, 3.63) is 218 Å². The van der Waals surface area contributed by atoms with E-state index < -0.39 is 0 Å². The molecule has 0 atom stereocenters. The average Bonchev–Trinajstić information content (AvgIpc) is 4.06. The van der Waals surface area contributed by atoms with E-state index in [2.05, 4.69) is 167 Å². The van der Waals surface area contributed by atoms with Crippen molar-refractivity contribution in [1.29, 1.82) is 0 Å². The molecular weight excluding hydrogens is 813 g/mol. The van der Waals surface area contributed by atoms with Gasteiger partial charge in [0.25, 0.3) is 0 Å². The van der Waals surface area contributed by atoms with Gasteiger partial charge in [0, 0.05) is 55.2 Å². The van der Waals surface area contributed by atoms with E-state index in [1.165, 1.54) is 31.8 Å². The number of benzene rings is 9. The van der Waals surface area contributed by atoms with E-state index in [0.717, 1.165) is 71.8 Å². The molecule has 6 nitrogen and oxygen atoms in total. The quantitative estimate of drug-likeness (QED) is 0.160. The number of thiazole rings is 1. The van der Waals surface area contributed by atoms with E-state index >= 15 is 0 Å². The molecule has 7 heteroatoms. The standard InChI is InChI=1S/C58H36N6S/c1-5-16-37(17-6-1)55-60-56(38-18-7-2-8-19-38)62-57(61-55)42-22-15-25-44(32-42)64-50-27-14-13-26-45(50)46-33-40(28-30-51(46)64)41-29-31-52-47(34-41)48-35-54-49(59-58(65-54)39-20-9-3-10-21-39)36-53(48)63(52)43-23-11-4-12-24-43/h1-36H. The van der Waals surface area contributed by atoms with Crippen molar-refractivity contribution in [3.63, 3.8) is 0 Å². The van der Waals surface area contributed by atoms with Crippen LogP contribution in [0.5, 0.6) is 0 Å². The molecule has 0 unspecified atom stereocenters. The van der Waals surface area contributed by atoms with Crippen molar-refractivity contribution in [1.82, 2.24) is 29.1 Å². The molecule has 0 radical (unpaired) electrons. The van der Waals surface area contributed by atoms with Crippen molar-refractivity contribution >= 4 is 65.2 Å². The summed E-state index contributed by atoms with van der Waals surface area (Å²) in [4.78, 5) is 20.1. The molecule has 304 valence electrons. The topological polar surface area (TPSA) is 61.4 Å². The van der Waals surface area contributed by atoms with Crippen LogP contribution >= 0.6 is 11.3 Å². The van der Waals surface area contributed by atoms with Gasteiger partial charge in [-0.15, -0.1) is 11.3 Å². The van der Waals surface area contributed by atoms with Gasteiger partial charge in [0.05, 0.1) is 32.3 Å². The summed E-state index contributed by atoms with van der Waals surface area (Å²) in [6.45, 7) is 0. The Morgan fingerprint density at radius 2 is 0.769 bits per heavy atom. The monoisotopic (exact) mass is 848 g/mol. The van der Waals surface area contributed by atoms with Gasteiger partial charge in [-0.1, -0.05) is 152 Å². The molecule has 65 heavy (non-hydrogen) atoms. The molecule has 0 spiro atoms. The molecule has 4 aromatic heterocycles. The van der Waals surface area contributed by atoms with Crippen LogP contribution in [0.4, 0.5) is 0 Å².